The molecule has 1 aromatic carbocycles. The van der Waals surface area contributed by atoms with Crippen LogP contribution in [0.3, 0.4) is 0 Å². The van der Waals surface area contributed by atoms with Gasteiger partial charge in [0, 0.05) is 56.9 Å². The number of aromatic nitrogens is 4. The summed E-state index contributed by atoms with van der Waals surface area (Å²) in [6.07, 6.45) is 3.53. The monoisotopic (exact) mass is 565 g/mol. The lowest BCUT2D eigenvalue weighted by atomic mass is 9.79. The van der Waals surface area contributed by atoms with Crippen LogP contribution in [0.5, 0.6) is 5.75 Å². The van der Waals surface area contributed by atoms with Crippen molar-refractivity contribution in [1.29, 1.82) is 0 Å². The minimum absolute atomic E-state index is 0.0146. The molecule has 1 saturated carbocycles. The summed E-state index contributed by atoms with van der Waals surface area (Å²) in [5, 5.41) is 20.2. The van der Waals surface area contributed by atoms with Gasteiger partial charge >= 0.3 is 11.8 Å². The third-order valence-electron chi connectivity index (χ3n) is 8.09. The number of hydrogen-bond donors (Lipinski definition) is 3. The molecule has 6 rings (SSSR count). The van der Waals surface area contributed by atoms with Crippen molar-refractivity contribution in [3.63, 3.8) is 0 Å². The molecule has 2 aromatic heterocycles. The summed E-state index contributed by atoms with van der Waals surface area (Å²) < 4.78 is 16.3. The average molecular weight is 566 g/mol. The number of amides is 3. The molecule has 3 unspecified atom stereocenters. The average Bonchev–Trinajstić information content (AvgIpc) is 3.10. The van der Waals surface area contributed by atoms with Gasteiger partial charge in [0.25, 0.3) is 11.5 Å². The molecule has 2 aliphatic heterocycles. The van der Waals surface area contributed by atoms with E-state index in [4.69, 9.17) is 0 Å². The number of fused-ring (bicyclic) bond motifs is 2. The Morgan fingerprint density at radius 3 is 2.61 bits per heavy atom. The highest BCUT2D eigenvalue weighted by atomic mass is 19.1. The van der Waals surface area contributed by atoms with Gasteiger partial charge in [-0.1, -0.05) is 12.1 Å². The number of rotatable bonds is 6. The Morgan fingerprint density at radius 2 is 1.93 bits per heavy atom. The molecule has 4 heterocycles. The standard InChI is InChI=1S/C28H32FN7O5/c1-15-18(12-31-35(15)3)14-34(2)28(41)26(39)32-21-10-17-6-9-20(21)24-33-22(23(37)27(40)36(24)13-17)25(38)30-11-16-4-7-19(29)8-5-16/h4-5,7-8,12,17,20-21,37H,6,9-11,13-14H2,1-3H3,(H,30,38)(H,32,39). The van der Waals surface area contributed by atoms with Crippen molar-refractivity contribution in [3.05, 3.63) is 75.0 Å². The van der Waals surface area contributed by atoms with Crippen LogP contribution in [-0.4, -0.2) is 60.1 Å². The van der Waals surface area contributed by atoms with Crippen molar-refractivity contribution in [2.45, 2.75) is 57.8 Å². The van der Waals surface area contributed by atoms with E-state index >= 15 is 0 Å². The smallest absolute Gasteiger partial charge is 0.311 e. The fraction of sp³-hybridized carbons (Fsp3) is 0.429. The van der Waals surface area contributed by atoms with Crippen LogP contribution in [-0.2, 0) is 36.3 Å². The topological polar surface area (TPSA) is 151 Å². The Bertz CT molecular complexity index is 1560. The zero-order chi connectivity index (χ0) is 29.4. The molecule has 3 amide bonds. The van der Waals surface area contributed by atoms with Gasteiger partial charge in [-0.2, -0.15) is 5.10 Å². The maximum absolute atomic E-state index is 13.2. The largest absolute Gasteiger partial charge is 0.501 e. The van der Waals surface area contributed by atoms with Gasteiger partial charge in [-0.05, 0) is 49.8 Å². The van der Waals surface area contributed by atoms with Crippen LogP contribution in [0.25, 0.3) is 0 Å². The molecule has 0 spiro atoms. The van der Waals surface area contributed by atoms with Crippen LogP contribution in [0.1, 0.15) is 58.3 Å². The van der Waals surface area contributed by atoms with E-state index in [0.717, 1.165) is 17.7 Å². The number of hydrogen-bond acceptors (Lipinski definition) is 7. The van der Waals surface area contributed by atoms with Crippen LogP contribution in [0.15, 0.2) is 35.3 Å². The van der Waals surface area contributed by atoms with Gasteiger partial charge in [0.1, 0.15) is 11.6 Å². The van der Waals surface area contributed by atoms with Gasteiger partial charge < -0.3 is 20.6 Å². The van der Waals surface area contributed by atoms with Crippen LogP contribution in [0.2, 0.25) is 0 Å². The number of benzene rings is 1. The predicted octanol–water partition coefficient (Wildman–Crippen LogP) is 1.10. The molecule has 41 heavy (non-hydrogen) atoms. The van der Waals surface area contributed by atoms with Crippen molar-refractivity contribution in [2.75, 3.05) is 7.05 Å². The van der Waals surface area contributed by atoms with E-state index in [1.807, 2.05) is 6.92 Å². The molecule has 3 aromatic rings. The van der Waals surface area contributed by atoms with Crippen LogP contribution < -0.4 is 16.2 Å². The van der Waals surface area contributed by atoms with E-state index < -0.39 is 52.5 Å². The van der Waals surface area contributed by atoms with Crippen molar-refractivity contribution in [3.8, 4) is 5.75 Å². The molecule has 0 saturated heterocycles. The molecule has 1 fully saturated rings. The van der Waals surface area contributed by atoms with Crippen LogP contribution in [0, 0.1) is 18.7 Å². The highest BCUT2D eigenvalue weighted by Crippen LogP contribution is 2.40. The second-order valence-electron chi connectivity index (χ2n) is 10.8. The van der Waals surface area contributed by atoms with Crippen LogP contribution >= 0.6 is 0 Å². The number of aryl methyl sites for hydroxylation is 1. The fourth-order valence-electron chi connectivity index (χ4n) is 5.63. The molecular weight excluding hydrogens is 533 g/mol. The first-order valence-corrected chi connectivity index (χ1v) is 13.4. The Balaban J connectivity index is 1.34. The van der Waals surface area contributed by atoms with Gasteiger partial charge in [0.05, 0.1) is 6.20 Å². The number of carbonyl (C=O) groups is 3. The highest BCUT2D eigenvalue weighted by Gasteiger charge is 2.41. The molecule has 1 aliphatic carbocycles. The Labute approximate surface area is 235 Å². The minimum Gasteiger partial charge on any atom is -0.501 e. The maximum atomic E-state index is 13.2. The van der Waals surface area contributed by atoms with Crippen molar-refractivity contribution in [1.82, 2.24) is 34.9 Å². The first-order valence-electron chi connectivity index (χ1n) is 13.4. The zero-order valence-corrected chi connectivity index (χ0v) is 23.1. The predicted molar refractivity (Wildman–Crippen MR) is 144 cm³/mol. The molecule has 0 radical (unpaired) electrons. The van der Waals surface area contributed by atoms with Crippen molar-refractivity contribution < 1.29 is 23.9 Å². The number of nitrogens with zero attached hydrogens (tertiary/aromatic N) is 5. The normalized spacial score (nSPS) is 19.3. The van der Waals surface area contributed by atoms with E-state index in [2.05, 4.69) is 20.7 Å². The number of aromatic hydroxyl groups is 1. The molecule has 3 aliphatic rings. The molecule has 3 atom stereocenters. The molecule has 12 nitrogen and oxygen atoms in total. The number of carbonyl (C=O) groups excluding carboxylic acids is 3. The minimum atomic E-state index is -0.767. The van der Waals surface area contributed by atoms with E-state index in [-0.39, 0.29) is 31.4 Å². The zero-order valence-electron chi connectivity index (χ0n) is 23.1. The third kappa shape index (κ3) is 5.56. The third-order valence-corrected chi connectivity index (χ3v) is 8.09. The number of likely N-dealkylation sites (N-methyl/N-ethyl adjacent to an activating group) is 1. The summed E-state index contributed by atoms with van der Waals surface area (Å²) >= 11 is 0. The van der Waals surface area contributed by atoms with Gasteiger partial charge in [-0.15, -0.1) is 0 Å². The molecule has 216 valence electrons. The second-order valence-corrected chi connectivity index (χ2v) is 10.8. The SMILES string of the molecule is Cc1c(CN(C)C(=O)C(=O)NC2CC3CCC2c2nc(C(=O)NCc4ccc(F)cc4)c(O)c(=O)n2C3)cnn1C. The number of nitrogens with one attached hydrogen (secondary N) is 2. The van der Waals surface area contributed by atoms with Crippen molar-refractivity contribution >= 4 is 17.7 Å². The molecular formula is C28H32FN7O5. The van der Waals surface area contributed by atoms with Gasteiger partial charge in [0.2, 0.25) is 5.75 Å². The number of halogens is 1. The Hall–Kier alpha value is -4.55. The summed E-state index contributed by atoms with van der Waals surface area (Å²) in [6.45, 7) is 2.42. The lowest BCUT2D eigenvalue weighted by Crippen LogP contribution is -2.48. The summed E-state index contributed by atoms with van der Waals surface area (Å²) in [6, 6.07) is 5.06. The molecule has 3 N–H and O–H groups in total. The van der Waals surface area contributed by atoms with Gasteiger partial charge in [-0.25, -0.2) is 9.37 Å². The summed E-state index contributed by atoms with van der Waals surface area (Å²) in [7, 11) is 3.34. The van der Waals surface area contributed by atoms with E-state index in [9.17, 15) is 28.7 Å². The highest BCUT2D eigenvalue weighted by molar-refractivity contribution is 6.35. The van der Waals surface area contributed by atoms with Gasteiger partial charge in [0.15, 0.2) is 5.69 Å². The molecule has 2 bridgehead atoms. The lowest BCUT2D eigenvalue weighted by Gasteiger charge is -2.32. The van der Waals surface area contributed by atoms with Crippen LogP contribution in [0.4, 0.5) is 4.39 Å². The summed E-state index contributed by atoms with van der Waals surface area (Å²) in [5.74, 6) is -3.52. The first-order chi connectivity index (χ1) is 19.5. The lowest BCUT2D eigenvalue weighted by molar-refractivity contribution is -0.146. The Morgan fingerprint density at radius 1 is 1.20 bits per heavy atom. The maximum Gasteiger partial charge on any atom is 0.311 e. The fourth-order valence-corrected chi connectivity index (χ4v) is 5.63. The summed E-state index contributed by atoms with van der Waals surface area (Å²) in [4.78, 5) is 57.8. The molecule has 13 heteroatoms. The van der Waals surface area contributed by atoms with E-state index in [0.29, 0.717) is 18.4 Å². The van der Waals surface area contributed by atoms with E-state index in [1.54, 1.807) is 25.0 Å². The Kier molecular flexibility index (Phi) is 7.61. The van der Waals surface area contributed by atoms with Crippen molar-refractivity contribution in [2.24, 2.45) is 13.0 Å². The first kappa shape index (κ1) is 28.0. The van der Waals surface area contributed by atoms with E-state index in [1.165, 1.54) is 33.7 Å². The van der Waals surface area contributed by atoms with Gasteiger partial charge in [-0.3, -0.25) is 28.4 Å². The quantitative estimate of drug-likeness (QED) is 0.379. The summed E-state index contributed by atoms with van der Waals surface area (Å²) in [5.41, 5.74) is 1.20. The second kappa shape index (κ2) is 11.1.